The summed E-state index contributed by atoms with van der Waals surface area (Å²) in [7, 11) is 0. The second kappa shape index (κ2) is 7.36. The number of aliphatic hydroxyl groups is 1. The molecule has 2 aromatic carbocycles. The summed E-state index contributed by atoms with van der Waals surface area (Å²) in [5.74, 6) is -1.60. The van der Waals surface area contributed by atoms with Crippen molar-refractivity contribution in [3.8, 4) is 0 Å². The molecule has 2 heterocycles. The van der Waals surface area contributed by atoms with Gasteiger partial charge in [0.1, 0.15) is 11.8 Å². The first-order valence-corrected chi connectivity index (χ1v) is 9.33. The summed E-state index contributed by atoms with van der Waals surface area (Å²) >= 11 is 0. The van der Waals surface area contributed by atoms with E-state index in [2.05, 4.69) is 4.98 Å². The van der Waals surface area contributed by atoms with Gasteiger partial charge < -0.3 is 5.11 Å². The number of pyridine rings is 1. The largest absolute Gasteiger partial charge is 0.507 e. The number of rotatable bonds is 3. The van der Waals surface area contributed by atoms with Crippen LogP contribution in [0.5, 0.6) is 0 Å². The van der Waals surface area contributed by atoms with E-state index in [1.165, 1.54) is 4.90 Å². The van der Waals surface area contributed by atoms with Crippen molar-refractivity contribution in [1.29, 1.82) is 0 Å². The average Bonchev–Trinajstić information content (AvgIpc) is 3.00. The highest BCUT2D eigenvalue weighted by Gasteiger charge is 2.47. The quantitative estimate of drug-likeness (QED) is 0.415. The highest BCUT2D eigenvalue weighted by Crippen LogP contribution is 2.42. The van der Waals surface area contributed by atoms with Crippen LogP contribution >= 0.6 is 0 Å². The Morgan fingerprint density at radius 3 is 2.28 bits per heavy atom. The van der Waals surface area contributed by atoms with Gasteiger partial charge in [0.25, 0.3) is 11.7 Å². The third-order valence-electron chi connectivity index (χ3n) is 5.11. The molecule has 1 amide bonds. The van der Waals surface area contributed by atoms with Gasteiger partial charge in [0.05, 0.1) is 11.3 Å². The van der Waals surface area contributed by atoms with Crippen molar-refractivity contribution in [2.24, 2.45) is 0 Å². The number of amides is 1. The molecule has 0 bridgehead atoms. The van der Waals surface area contributed by atoms with Crippen molar-refractivity contribution in [2.75, 3.05) is 4.90 Å². The molecule has 1 saturated heterocycles. The van der Waals surface area contributed by atoms with Crippen molar-refractivity contribution in [1.82, 2.24) is 4.98 Å². The van der Waals surface area contributed by atoms with E-state index in [1.54, 1.807) is 42.6 Å². The minimum Gasteiger partial charge on any atom is -0.507 e. The summed E-state index contributed by atoms with van der Waals surface area (Å²) in [6.07, 6.45) is 1.61. The van der Waals surface area contributed by atoms with Gasteiger partial charge >= 0.3 is 0 Å². The average molecular weight is 384 g/mol. The van der Waals surface area contributed by atoms with Crippen LogP contribution in [0.15, 0.2) is 78.5 Å². The molecule has 1 N–H and O–H groups in total. The van der Waals surface area contributed by atoms with Crippen molar-refractivity contribution < 1.29 is 14.7 Å². The van der Waals surface area contributed by atoms with Gasteiger partial charge in [0, 0.05) is 17.4 Å². The standard InChI is InChI=1S/C24H20N2O3/c1-15-10-12-17(13-11-15)22(27)20-21(18-8-5-6-14-25-18)26(24(29)23(20)28)19-9-4-3-7-16(19)2/h3-14,21,27H,1-2H3/b22-20-. The summed E-state index contributed by atoms with van der Waals surface area (Å²) in [6.45, 7) is 3.82. The van der Waals surface area contributed by atoms with E-state index in [0.29, 0.717) is 16.9 Å². The molecular weight excluding hydrogens is 364 g/mol. The highest BCUT2D eigenvalue weighted by atomic mass is 16.3. The van der Waals surface area contributed by atoms with E-state index < -0.39 is 17.7 Å². The minimum absolute atomic E-state index is 0.0424. The molecule has 1 atom stereocenters. The van der Waals surface area contributed by atoms with Crippen LogP contribution in [0.1, 0.15) is 28.4 Å². The second-order valence-corrected chi connectivity index (χ2v) is 7.08. The first-order valence-electron chi connectivity index (χ1n) is 9.33. The second-order valence-electron chi connectivity index (χ2n) is 7.08. The lowest BCUT2D eigenvalue weighted by Gasteiger charge is -2.26. The zero-order chi connectivity index (χ0) is 20.5. The van der Waals surface area contributed by atoms with E-state index in [9.17, 15) is 14.7 Å². The number of hydrogen-bond donors (Lipinski definition) is 1. The number of carbonyl (C=O) groups excluding carboxylic acids is 2. The summed E-state index contributed by atoms with van der Waals surface area (Å²) in [6, 6.07) is 19.0. The first-order chi connectivity index (χ1) is 14.0. The molecule has 0 radical (unpaired) electrons. The number of aliphatic hydroxyl groups excluding tert-OH is 1. The number of aromatic nitrogens is 1. The Morgan fingerprint density at radius 2 is 1.62 bits per heavy atom. The summed E-state index contributed by atoms with van der Waals surface area (Å²) in [5.41, 5.74) is 3.55. The number of aryl methyl sites for hydroxylation is 2. The number of carbonyl (C=O) groups is 2. The number of Topliss-reactive ketones (excluding diaryl/α,β-unsaturated/α-hetero) is 1. The Bertz CT molecular complexity index is 1120. The number of benzene rings is 2. The summed E-state index contributed by atoms with van der Waals surface area (Å²) in [5, 5.41) is 11.0. The van der Waals surface area contributed by atoms with Gasteiger partial charge in [-0.3, -0.25) is 19.5 Å². The smallest absolute Gasteiger partial charge is 0.300 e. The Labute approximate surface area is 169 Å². The van der Waals surface area contributed by atoms with E-state index in [4.69, 9.17) is 0 Å². The molecule has 1 aliphatic heterocycles. The topological polar surface area (TPSA) is 70.5 Å². The highest BCUT2D eigenvalue weighted by molar-refractivity contribution is 6.51. The third-order valence-corrected chi connectivity index (χ3v) is 5.11. The predicted molar refractivity (Wildman–Crippen MR) is 111 cm³/mol. The van der Waals surface area contributed by atoms with E-state index >= 15 is 0 Å². The molecule has 0 aliphatic carbocycles. The monoisotopic (exact) mass is 384 g/mol. The van der Waals surface area contributed by atoms with Gasteiger partial charge in [-0.1, -0.05) is 54.1 Å². The van der Waals surface area contributed by atoms with E-state index in [1.807, 2.05) is 44.2 Å². The lowest BCUT2D eigenvalue weighted by atomic mass is 9.97. The molecule has 1 fully saturated rings. The Balaban J connectivity index is 1.96. The van der Waals surface area contributed by atoms with Crippen molar-refractivity contribution in [3.63, 3.8) is 0 Å². The number of nitrogens with zero attached hydrogens (tertiary/aromatic N) is 2. The number of para-hydroxylation sites is 1. The molecule has 5 heteroatoms. The van der Waals surface area contributed by atoms with E-state index in [-0.39, 0.29) is 11.3 Å². The number of hydrogen-bond acceptors (Lipinski definition) is 4. The zero-order valence-electron chi connectivity index (χ0n) is 16.2. The molecule has 1 unspecified atom stereocenters. The Morgan fingerprint density at radius 1 is 0.931 bits per heavy atom. The van der Waals surface area contributed by atoms with E-state index in [0.717, 1.165) is 11.1 Å². The first kappa shape index (κ1) is 18.6. The molecule has 5 nitrogen and oxygen atoms in total. The maximum Gasteiger partial charge on any atom is 0.300 e. The van der Waals surface area contributed by atoms with Gasteiger partial charge in [-0.25, -0.2) is 0 Å². The molecule has 3 aromatic rings. The fourth-order valence-electron chi connectivity index (χ4n) is 3.60. The molecular formula is C24H20N2O3. The van der Waals surface area contributed by atoms with Crippen LogP contribution in [0, 0.1) is 13.8 Å². The SMILES string of the molecule is Cc1ccc(/C(O)=C2/C(=O)C(=O)N(c3ccccc3C)C2c2ccccn2)cc1. The van der Waals surface area contributed by atoms with Crippen molar-refractivity contribution in [3.05, 3.63) is 101 Å². The normalized spacial score (nSPS) is 18.3. The maximum absolute atomic E-state index is 13.0. The number of ketones is 1. The van der Waals surface area contributed by atoms with Gasteiger partial charge in [0.2, 0.25) is 0 Å². The van der Waals surface area contributed by atoms with Crippen molar-refractivity contribution in [2.45, 2.75) is 19.9 Å². The fourth-order valence-corrected chi connectivity index (χ4v) is 3.60. The van der Waals surface area contributed by atoms with Crippen LogP contribution in [0.4, 0.5) is 5.69 Å². The predicted octanol–water partition coefficient (Wildman–Crippen LogP) is 4.32. The lowest BCUT2D eigenvalue weighted by Crippen LogP contribution is -2.30. The molecule has 0 saturated carbocycles. The molecule has 4 rings (SSSR count). The summed E-state index contributed by atoms with van der Waals surface area (Å²) < 4.78 is 0. The zero-order valence-corrected chi connectivity index (χ0v) is 16.2. The van der Waals surface area contributed by atoms with Crippen molar-refractivity contribution >= 4 is 23.1 Å². The third kappa shape index (κ3) is 3.21. The molecule has 1 aromatic heterocycles. The van der Waals surface area contributed by atoms with Gasteiger partial charge in [0.15, 0.2) is 0 Å². The van der Waals surface area contributed by atoms with Crippen LogP contribution in [-0.4, -0.2) is 21.8 Å². The molecule has 0 spiro atoms. The molecule has 144 valence electrons. The maximum atomic E-state index is 13.0. The fraction of sp³-hybridized carbons (Fsp3) is 0.125. The lowest BCUT2D eigenvalue weighted by molar-refractivity contribution is -0.132. The Hall–Kier alpha value is -3.73. The van der Waals surface area contributed by atoms with Gasteiger partial charge in [-0.15, -0.1) is 0 Å². The molecule has 1 aliphatic rings. The summed E-state index contributed by atoms with van der Waals surface area (Å²) in [4.78, 5) is 31.9. The van der Waals surface area contributed by atoms with Crippen LogP contribution in [0.3, 0.4) is 0 Å². The van der Waals surface area contributed by atoms with Gasteiger partial charge in [-0.05, 0) is 37.6 Å². The molecule has 29 heavy (non-hydrogen) atoms. The van der Waals surface area contributed by atoms with Crippen LogP contribution in [0.25, 0.3) is 5.76 Å². The van der Waals surface area contributed by atoms with Gasteiger partial charge in [-0.2, -0.15) is 0 Å². The van der Waals surface area contributed by atoms with Crippen LogP contribution < -0.4 is 4.90 Å². The number of anilines is 1. The van der Waals surface area contributed by atoms with Crippen LogP contribution in [-0.2, 0) is 9.59 Å². The van der Waals surface area contributed by atoms with Crippen LogP contribution in [0.2, 0.25) is 0 Å². The Kier molecular flexibility index (Phi) is 4.72. The minimum atomic E-state index is -0.807.